The third kappa shape index (κ3) is 3.60. The summed E-state index contributed by atoms with van der Waals surface area (Å²) in [6.07, 6.45) is 5.51. The number of amides is 1. The number of benzene rings is 1. The van der Waals surface area contributed by atoms with Crippen molar-refractivity contribution in [2.24, 2.45) is 5.92 Å². The van der Waals surface area contributed by atoms with Gasteiger partial charge in [-0.2, -0.15) is 0 Å². The molecule has 0 radical (unpaired) electrons. The number of hydrogen-bond acceptors (Lipinski definition) is 4. The van der Waals surface area contributed by atoms with Crippen LogP contribution in [0.1, 0.15) is 31.4 Å². The molecule has 1 fully saturated rings. The number of nitrogens with one attached hydrogen (secondary N) is 2. The van der Waals surface area contributed by atoms with E-state index < -0.39 is 0 Å². The van der Waals surface area contributed by atoms with Crippen LogP contribution in [-0.4, -0.2) is 35.6 Å². The molecule has 2 aromatic heterocycles. The lowest BCUT2D eigenvalue weighted by Crippen LogP contribution is -2.35. The SMILES string of the molecule is CNc1ccc2ncc(-c3ccccc3C(C)NC(=O)C3CCOCC3)n2c1. The predicted molar refractivity (Wildman–Crippen MR) is 110 cm³/mol. The zero-order chi connectivity index (χ0) is 19.5. The van der Waals surface area contributed by atoms with E-state index in [4.69, 9.17) is 4.74 Å². The topological polar surface area (TPSA) is 67.7 Å². The fraction of sp³-hybridized carbons (Fsp3) is 0.364. The summed E-state index contributed by atoms with van der Waals surface area (Å²) in [7, 11) is 1.90. The Morgan fingerprint density at radius 1 is 1.21 bits per heavy atom. The normalized spacial score (nSPS) is 16.1. The largest absolute Gasteiger partial charge is 0.387 e. The van der Waals surface area contributed by atoms with Gasteiger partial charge in [0.2, 0.25) is 5.91 Å². The van der Waals surface area contributed by atoms with Crippen LogP contribution in [0.25, 0.3) is 16.9 Å². The third-order valence-electron chi connectivity index (χ3n) is 5.45. The average Bonchev–Trinajstić information content (AvgIpc) is 3.17. The fourth-order valence-electron chi connectivity index (χ4n) is 3.80. The number of nitrogens with zero attached hydrogens (tertiary/aromatic N) is 2. The number of rotatable bonds is 5. The van der Waals surface area contributed by atoms with Crippen molar-refractivity contribution in [2.75, 3.05) is 25.6 Å². The first-order valence-electron chi connectivity index (χ1n) is 9.79. The Kier molecular flexibility index (Phi) is 5.30. The zero-order valence-electron chi connectivity index (χ0n) is 16.3. The molecule has 1 aliphatic heterocycles. The van der Waals surface area contributed by atoms with Gasteiger partial charge in [0.15, 0.2) is 0 Å². The Labute approximate surface area is 164 Å². The summed E-state index contributed by atoms with van der Waals surface area (Å²) in [5, 5.41) is 6.37. The molecule has 0 spiro atoms. The molecule has 3 aromatic rings. The molecule has 146 valence electrons. The number of carbonyl (C=O) groups excluding carboxylic acids is 1. The summed E-state index contributed by atoms with van der Waals surface area (Å²) < 4.78 is 7.45. The quantitative estimate of drug-likeness (QED) is 0.711. The Morgan fingerprint density at radius 2 is 2.00 bits per heavy atom. The van der Waals surface area contributed by atoms with Gasteiger partial charge in [-0.3, -0.25) is 9.20 Å². The number of hydrogen-bond donors (Lipinski definition) is 2. The van der Waals surface area contributed by atoms with Crippen molar-refractivity contribution in [2.45, 2.75) is 25.8 Å². The summed E-state index contributed by atoms with van der Waals surface area (Å²) in [5.74, 6) is 0.151. The molecule has 1 unspecified atom stereocenters. The molecule has 1 amide bonds. The van der Waals surface area contributed by atoms with E-state index >= 15 is 0 Å². The lowest BCUT2D eigenvalue weighted by Gasteiger charge is -2.24. The van der Waals surface area contributed by atoms with Gasteiger partial charge in [-0.15, -0.1) is 0 Å². The van der Waals surface area contributed by atoms with E-state index in [2.05, 4.69) is 32.2 Å². The van der Waals surface area contributed by atoms with Gasteiger partial charge in [0.05, 0.1) is 23.6 Å². The molecule has 1 aliphatic rings. The molecule has 6 nitrogen and oxygen atoms in total. The summed E-state index contributed by atoms with van der Waals surface area (Å²) in [5.41, 5.74) is 5.07. The lowest BCUT2D eigenvalue weighted by molar-refractivity contribution is -0.128. The smallest absolute Gasteiger partial charge is 0.223 e. The minimum absolute atomic E-state index is 0.0392. The highest BCUT2D eigenvalue weighted by Gasteiger charge is 2.24. The van der Waals surface area contributed by atoms with Crippen LogP contribution in [0, 0.1) is 5.92 Å². The Bertz CT molecular complexity index is 976. The third-order valence-corrected chi connectivity index (χ3v) is 5.45. The maximum atomic E-state index is 12.7. The van der Waals surface area contributed by atoms with Crippen LogP contribution in [0.3, 0.4) is 0 Å². The molecule has 6 heteroatoms. The van der Waals surface area contributed by atoms with Crippen LogP contribution in [0.4, 0.5) is 5.69 Å². The first kappa shape index (κ1) is 18.5. The summed E-state index contributed by atoms with van der Waals surface area (Å²) >= 11 is 0. The molecule has 0 saturated carbocycles. The summed E-state index contributed by atoms with van der Waals surface area (Å²) in [6, 6.07) is 12.1. The van der Waals surface area contributed by atoms with Gasteiger partial charge in [-0.05, 0) is 37.5 Å². The molecule has 3 heterocycles. The van der Waals surface area contributed by atoms with Gasteiger partial charge in [0.1, 0.15) is 5.65 Å². The van der Waals surface area contributed by atoms with Crippen molar-refractivity contribution in [3.8, 4) is 11.3 Å². The van der Waals surface area contributed by atoms with Crippen molar-refractivity contribution >= 4 is 17.2 Å². The number of aromatic nitrogens is 2. The molecular weight excluding hydrogens is 352 g/mol. The minimum atomic E-state index is -0.0930. The first-order valence-corrected chi connectivity index (χ1v) is 9.79. The number of fused-ring (bicyclic) bond motifs is 1. The van der Waals surface area contributed by atoms with Crippen molar-refractivity contribution in [3.63, 3.8) is 0 Å². The molecule has 0 bridgehead atoms. The van der Waals surface area contributed by atoms with Crippen molar-refractivity contribution < 1.29 is 9.53 Å². The zero-order valence-corrected chi connectivity index (χ0v) is 16.3. The van der Waals surface area contributed by atoms with Gasteiger partial charge in [-0.25, -0.2) is 4.98 Å². The Hall–Kier alpha value is -2.86. The van der Waals surface area contributed by atoms with Gasteiger partial charge in [-0.1, -0.05) is 24.3 Å². The van der Waals surface area contributed by atoms with E-state index in [0.717, 1.165) is 41.0 Å². The maximum Gasteiger partial charge on any atom is 0.223 e. The molecule has 1 atom stereocenters. The molecule has 4 rings (SSSR count). The average molecular weight is 378 g/mol. The van der Waals surface area contributed by atoms with E-state index in [1.165, 1.54) is 0 Å². The number of anilines is 1. The van der Waals surface area contributed by atoms with Crippen LogP contribution >= 0.6 is 0 Å². The van der Waals surface area contributed by atoms with E-state index in [0.29, 0.717) is 13.2 Å². The highest BCUT2D eigenvalue weighted by Crippen LogP contribution is 2.30. The van der Waals surface area contributed by atoms with Crippen LogP contribution < -0.4 is 10.6 Å². The number of imidazole rings is 1. The second kappa shape index (κ2) is 8.02. The van der Waals surface area contributed by atoms with Crippen LogP contribution in [-0.2, 0) is 9.53 Å². The van der Waals surface area contributed by atoms with Gasteiger partial charge in [0.25, 0.3) is 0 Å². The van der Waals surface area contributed by atoms with Gasteiger partial charge >= 0.3 is 0 Å². The summed E-state index contributed by atoms with van der Waals surface area (Å²) in [4.78, 5) is 17.2. The first-order chi connectivity index (χ1) is 13.7. The standard InChI is InChI=1S/C22H26N4O2/c1-15(25-22(27)16-9-11-28-12-10-16)18-5-3-4-6-19(18)20-13-24-21-8-7-17(23-2)14-26(20)21/h3-8,13-16,23H,9-12H2,1-2H3,(H,25,27). The Balaban J connectivity index is 1.64. The second-order valence-corrected chi connectivity index (χ2v) is 7.24. The molecule has 1 saturated heterocycles. The number of ether oxygens (including phenoxy) is 1. The van der Waals surface area contributed by atoms with Gasteiger partial charge in [0, 0.05) is 37.9 Å². The van der Waals surface area contributed by atoms with E-state index in [1.807, 2.05) is 50.6 Å². The van der Waals surface area contributed by atoms with Crippen LogP contribution in [0.2, 0.25) is 0 Å². The second-order valence-electron chi connectivity index (χ2n) is 7.24. The number of carbonyl (C=O) groups is 1. The summed E-state index contributed by atoms with van der Waals surface area (Å²) in [6.45, 7) is 3.37. The Morgan fingerprint density at radius 3 is 2.79 bits per heavy atom. The predicted octanol–water partition coefficient (Wildman–Crippen LogP) is 3.65. The molecule has 28 heavy (non-hydrogen) atoms. The monoisotopic (exact) mass is 378 g/mol. The van der Waals surface area contributed by atoms with Crippen LogP contribution in [0.5, 0.6) is 0 Å². The van der Waals surface area contributed by atoms with E-state index in [9.17, 15) is 4.79 Å². The van der Waals surface area contributed by atoms with Crippen molar-refractivity contribution in [1.29, 1.82) is 0 Å². The molecular formula is C22H26N4O2. The molecule has 1 aromatic carbocycles. The maximum absolute atomic E-state index is 12.7. The molecule has 2 N–H and O–H groups in total. The lowest BCUT2D eigenvalue weighted by atomic mass is 9.96. The van der Waals surface area contributed by atoms with Crippen molar-refractivity contribution in [1.82, 2.24) is 14.7 Å². The van der Waals surface area contributed by atoms with Gasteiger partial charge < -0.3 is 15.4 Å². The number of pyridine rings is 1. The molecule has 0 aliphatic carbocycles. The van der Waals surface area contributed by atoms with Crippen LogP contribution in [0.15, 0.2) is 48.8 Å². The highest BCUT2D eigenvalue weighted by atomic mass is 16.5. The minimum Gasteiger partial charge on any atom is -0.387 e. The van der Waals surface area contributed by atoms with E-state index in [-0.39, 0.29) is 17.9 Å². The highest BCUT2D eigenvalue weighted by molar-refractivity contribution is 5.80. The van der Waals surface area contributed by atoms with E-state index in [1.54, 1.807) is 0 Å². The van der Waals surface area contributed by atoms with Crippen molar-refractivity contribution in [3.05, 3.63) is 54.4 Å². The fourth-order valence-corrected chi connectivity index (χ4v) is 3.80.